The topological polar surface area (TPSA) is 87.7 Å². The van der Waals surface area contributed by atoms with E-state index in [1.165, 1.54) is 22.3 Å². The molecule has 3 rings (SSSR count). The third-order valence-electron chi connectivity index (χ3n) is 4.89. The van der Waals surface area contributed by atoms with E-state index in [4.69, 9.17) is 9.84 Å². The summed E-state index contributed by atoms with van der Waals surface area (Å²) in [5.41, 5.74) is 4.81. The number of hydrogen-bond acceptors (Lipinski definition) is 4. The second-order valence-corrected chi connectivity index (χ2v) is 6.85. The Labute approximate surface area is 164 Å². The molecule has 0 bridgehead atoms. The first-order valence-corrected chi connectivity index (χ1v) is 9.68. The number of nitrogens with one attached hydrogen (secondary N) is 2. The van der Waals surface area contributed by atoms with Gasteiger partial charge in [-0.05, 0) is 48.2 Å². The van der Waals surface area contributed by atoms with Crippen LogP contribution in [0.5, 0.6) is 0 Å². The average Bonchev–Trinajstić information content (AvgIpc) is 3.02. The van der Waals surface area contributed by atoms with Crippen molar-refractivity contribution in [3.05, 3.63) is 59.7 Å². The predicted molar refractivity (Wildman–Crippen MR) is 107 cm³/mol. The smallest absolute Gasteiger partial charge is 0.407 e. The van der Waals surface area contributed by atoms with Crippen LogP contribution in [0.25, 0.3) is 11.1 Å². The lowest BCUT2D eigenvalue weighted by molar-refractivity contribution is -0.137. The van der Waals surface area contributed by atoms with E-state index in [1.54, 1.807) is 0 Å². The molecule has 6 nitrogen and oxygen atoms in total. The van der Waals surface area contributed by atoms with Crippen molar-refractivity contribution < 1.29 is 19.4 Å². The highest BCUT2D eigenvalue weighted by Gasteiger charge is 2.28. The summed E-state index contributed by atoms with van der Waals surface area (Å²) in [6.45, 7) is 2.22. The van der Waals surface area contributed by atoms with Crippen LogP contribution < -0.4 is 10.6 Å². The molecule has 0 spiro atoms. The second-order valence-electron chi connectivity index (χ2n) is 6.85. The highest BCUT2D eigenvalue weighted by Crippen LogP contribution is 2.44. The molecular formula is C22H26N2O4. The highest BCUT2D eigenvalue weighted by molar-refractivity contribution is 5.79. The first kappa shape index (κ1) is 19.9. The quantitative estimate of drug-likeness (QED) is 0.549. The molecule has 0 aliphatic heterocycles. The molecule has 1 aliphatic rings. The van der Waals surface area contributed by atoms with Gasteiger partial charge in [0.2, 0.25) is 0 Å². The molecule has 2 aromatic carbocycles. The van der Waals surface area contributed by atoms with Crippen molar-refractivity contribution in [3.8, 4) is 11.1 Å². The molecule has 0 saturated heterocycles. The first-order chi connectivity index (χ1) is 13.7. The maximum absolute atomic E-state index is 12.0. The Morgan fingerprint density at radius 2 is 1.50 bits per heavy atom. The van der Waals surface area contributed by atoms with Gasteiger partial charge in [-0.1, -0.05) is 48.5 Å². The fourth-order valence-corrected chi connectivity index (χ4v) is 3.54. The van der Waals surface area contributed by atoms with Crippen LogP contribution in [0, 0.1) is 0 Å². The number of carbonyl (C=O) groups excluding carboxylic acids is 1. The number of carboxylic acid groups (broad SMARTS) is 1. The molecule has 6 heteroatoms. The molecule has 0 aromatic heterocycles. The van der Waals surface area contributed by atoms with E-state index in [9.17, 15) is 9.59 Å². The van der Waals surface area contributed by atoms with E-state index in [1.807, 2.05) is 24.3 Å². The zero-order chi connectivity index (χ0) is 19.8. The van der Waals surface area contributed by atoms with Crippen molar-refractivity contribution in [1.29, 1.82) is 0 Å². The number of amides is 1. The van der Waals surface area contributed by atoms with Gasteiger partial charge >= 0.3 is 12.1 Å². The van der Waals surface area contributed by atoms with E-state index in [-0.39, 0.29) is 12.3 Å². The Morgan fingerprint density at radius 1 is 0.893 bits per heavy atom. The van der Waals surface area contributed by atoms with Gasteiger partial charge in [0.05, 0.1) is 0 Å². The Morgan fingerprint density at radius 3 is 2.14 bits per heavy atom. The minimum Gasteiger partial charge on any atom is -0.481 e. The summed E-state index contributed by atoms with van der Waals surface area (Å²) in [7, 11) is 0. The molecule has 0 unspecified atom stereocenters. The fraction of sp³-hybridized carbons (Fsp3) is 0.364. The highest BCUT2D eigenvalue weighted by atomic mass is 16.5. The summed E-state index contributed by atoms with van der Waals surface area (Å²) < 4.78 is 5.48. The normalized spacial score (nSPS) is 12.3. The van der Waals surface area contributed by atoms with Crippen LogP contribution in [0.4, 0.5) is 4.79 Å². The third-order valence-corrected chi connectivity index (χ3v) is 4.89. The number of ether oxygens (including phenoxy) is 1. The van der Waals surface area contributed by atoms with E-state index in [0.717, 1.165) is 13.0 Å². The van der Waals surface area contributed by atoms with Crippen molar-refractivity contribution in [1.82, 2.24) is 10.6 Å². The zero-order valence-corrected chi connectivity index (χ0v) is 15.8. The summed E-state index contributed by atoms with van der Waals surface area (Å²) in [6.07, 6.45) is 1.13. The Hall–Kier alpha value is -2.86. The molecular weight excluding hydrogens is 356 g/mol. The number of rotatable bonds is 10. The van der Waals surface area contributed by atoms with Crippen LogP contribution in [0.15, 0.2) is 48.5 Å². The summed E-state index contributed by atoms with van der Waals surface area (Å²) in [4.78, 5) is 22.4. The molecule has 28 heavy (non-hydrogen) atoms. The lowest BCUT2D eigenvalue weighted by Crippen LogP contribution is -2.29. The van der Waals surface area contributed by atoms with Gasteiger partial charge < -0.3 is 20.5 Å². The minimum absolute atomic E-state index is 0.0639. The van der Waals surface area contributed by atoms with Gasteiger partial charge in [-0.3, -0.25) is 4.79 Å². The maximum Gasteiger partial charge on any atom is 0.407 e. The van der Waals surface area contributed by atoms with Crippen molar-refractivity contribution in [3.63, 3.8) is 0 Å². The van der Waals surface area contributed by atoms with E-state index in [2.05, 4.69) is 34.9 Å². The molecule has 1 aliphatic carbocycles. The lowest BCUT2D eigenvalue weighted by atomic mass is 9.98. The molecule has 2 aromatic rings. The fourth-order valence-electron chi connectivity index (χ4n) is 3.54. The molecule has 0 heterocycles. The van der Waals surface area contributed by atoms with Gasteiger partial charge in [0.15, 0.2) is 0 Å². The van der Waals surface area contributed by atoms with E-state index >= 15 is 0 Å². The SMILES string of the molecule is O=C(O)CCCNCCCNC(=O)OCC1c2ccccc2-c2ccccc21. The number of carboxylic acids is 1. The molecule has 1 amide bonds. The first-order valence-electron chi connectivity index (χ1n) is 9.68. The summed E-state index contributed by atoms with van der Waals surface area (Å²) in [6, 6.07) is 16.5. The lowest BCUT2D eigenvalue weighted by Gasteiger charge is -2.14. The van der Waals surface area contributed by atoms with Gasteiger partial charge in [-0.25, -0.2) is 4.79 Å². The van der Waals surface area contributed by atoms with Crippen LogP contribution in [-0.4, -0.2) is 43.4 Å². The van der Waals surface area contributed by atoms with E-state index < -0.39 is 12.1 Å². The van der Waals surface area contributed by atoms with Crippen molar-refractivity contribution in [2.45, 2.75) is 25.2 Å². The van der Waals surface area contributed by atoms with Gasteiger partial charge in [0.1, 0.15) is 6.61 Å². The molecule has 3 N–H and O–H groups in total. The van der Waals surface area contributed by atoms with Gasteiger partial charge in [0, 0.05) is 18.9 Å². The molecule has 0 fully saturated rings. The van der Waals surface area contributed by atoms with Gasteiger partial charge in [-0.15, -0.1) is 0 Å². The van der Waals surface area contributed by atoms with E-state index in [0.29, 0.717) is 26.1 Å². The minimum atomic E-state index is -0.779. The average molecular weight is 382 g/mol. The number of carbonyl (C=O) groups is 2. The standard InChI is InChI=1S/C22H26N2O4/c25-21(26)11-5-12-23-13-6-14-24-22(27)28-15-20-18-9-3-1-7-16(18)17-8-2-4-10-19(17)20/h1-4,7-10,20,23H,5-6,11-15H2,(H,24,27)(H,25,26). The third kappa shape index (κ3) is 5.10. The summed E-state index contributed by atoms with van der Waals surface area (Å²) in [5.74, 6) is -0.715. The van der Waals surface area contributed by atoms with Crippen LogP contribution in [-0.2, 0) is 9.53 Å². The largest absolute Gasteiger partial charge is 0.481 e. The van der Waals surface area contributed by atoms with Crippen LogP contribution >= 0.6 is 0 Å². The van der Waals surface area contributed by atoms with Crippen LogP contribution in [0.3, 0.4) is 0 Å². The number of aliphatic carboxylic acids is 1. The molecule has 0 atom stereocenters. The monoisotopic (exact) mass is 382 g/mol. The summed E-state index contributed by atoms with van der Waals surface area (Å²) in [5, 5.41) is 14.5. The summed E-state index contributed by atoms with van der Waals surface area (Å²) >= 11 is 0. The number of hydrogen-bond donors (Lipinski definition) is 3. The number of benzene rings is 2. The Kier molecular flexibility index (Phi) is 7.03. The maximum atomic E-state index is 12.0. The van der Waals surface area contributed by atoms with Crippen molar-refractivity contribution >= 4 is 12.1 Å². The number of fused-ring (bicyclic) bond motifs is 3. The van der Waals surface area contributed by atoms with Crippen molar-refractivity contribution in [2.24, 2.45) is 0 Å². The van der Waals surface area contributed by atoms with Gasteiger partial charge in [0.25, 0.3) is 0 Å². The number of alkyl carbamates (subject to hydrolysis) is 1. The predicted octanol–water partition coefficient (Wildman–Crippen LogP) is 3.37. The Balaban J connectivity index is 1.39. The van der Waals surface area contributed by atoms with Crippen LogP contribution in [0.2, 0.25) is 0 Å². The Bertz CT molecular complexity index is 776. The molecule has 0 saturated carbocycles. The molecule has 0 radical (unpaired) electrons. The van der Waals surface area contributed by atoms with Crippen molar-refractivity contribution in [2.75, 3.05) is 26.2 Å². The molecule has 148 valence electrons. The zero-order valence-electron chi connectivity index (χ0n) is 15.8. The van der Waals surface area contributed by atoms with Gasteiger partial charge in [-0.2, -0.15) is 0 Å². The van der Waals surface area contributed by atoms with Crippen LogP contribution in [0.1, 0.15) is 36.3 Å². The second kappa shape index (κ2) is 9.90.